The van der Waals surface area contributed by atoms with Gasteiger partial charge in [0.25, 0.3) is 0 Å². The number of methoxy groups -OCH3 is 1. The Balaban J connectivity index is 1.66. The molecule has 1 saturated heterocycles. The van der Waals surface area contributed by atoms with Crippen molar-refractivity contribution in [1.29, 1.82) is 0 Å². The zero-order valence-electron chi connectivity index (χ0n) is 17.2. The smallest absolute Gasteiger partial charge is 0.181 e. The summed E-state index contributed by atoms with van der Waals surface area (Å²) in [5.41, 5.74) is -0.110. The molecule has 9 heteroatoms. The van der Waals surface area contributed by atoms with Crippen LogP contribution in [0.3, 0.4) is 0 Å². The molecule has 1 unspecified atom stereocenters. The molecule has 0 bridgehead atoms. The second-order valence-corrected chi connectivity index (χ2v) is 14.7. The third-order valence-electron chi connectivity index (χ3n) is 4.95. The molecule has 0 amide bonds. The molecule has 2 aromatic rings. The summed E-state index contributed by atoms with van der Waals surface area (Å²) in [4.78, 5) is 2.21. The maximum Gasteiger partial charge on any atom is 0.181 e. The van der Waals surface area contributed by atoms with Crippen molar-refractivity contribution in [3.63, 3.8) is 0 Å². The maximum atomic E-state index is 14.6. The summed E-state index contributed by atoms with van der Waals surface area (Å²) < 4.78 is 80.2. The van der Waals surface area contributed by atoms with Crippen molar-refractivity contribution in [3.05, 3.63) is 56.7 Å². The van der Waals surface area contributed by atoms with Crippen LogP contribution in [0.2, 0.25) is 0 Å². The van der Waals surface area contributed by atoms with E-state index >= 15 is 0 Å². The van der Waals surface area contributed by atoms with Crippen LogP contribution in [0.1, 0.15) is 30.1 Å². The number of alkyl halides is 5. The van der Waals surface area contributed by atoms with Gasteiger partial charge in [0.05, 0.1) is 10.7 Å². The molecule has 3 rings (SSSR count). The standard InChI is InChI=1S/C22H24F4I2O3/c1-27-21-19(29-3)7-6-18(20(21)24)30-11-9-22(25,26)14-4-5-15(16(23)12-14)17-8-10-28(2)13-31-17/h4-7,12,17H,1,8-11,13H2,2-3H3. The molecule has 0 saturated carbocycles. The number of hydrogen-bond donors (Lipinski definition) is 0. The van der Waals surface area contributed by atoms with Gasteiger partial charge in [0.15, 0.2) is 5.82 Å². The Morgan fingerprint density at radius 3 is 2.58 bits per heavy atom. The first-order chi connectivity index (χ1) is 14.8. The summed E-state index contributed by atoms with van der Waals surface area (Å²) >= 11 is -1.92. The molecule has 0 radical (unpaired) electrons. The molecule has 172 valence electrons. The minimum Gasteiger partial charge on any atom is -0.202 e. The van der Waals surface area contributed by atoms with Gasteiger partial charge in [0, 0.05) is 0 Å². The van der Waals surface area contributed by atoms with Gasteiger partial charge in [-0.2, -0.15) is 0 Å². The number of halogens is 6. The molecule has 0 aliphatic carbocycles. The minimum absolute atomic E-state index is 0.121. The monoisotopic (exact) mass is 666 g/mol. The third-order valence-corrected chi connectivity index (χ3v) is 10.6. The Morgan fingerprint density at radius 2 is 1.97 bits per heavy atom. The van der Waals surface area contributed by atoms with E-state index in [1.807, 2.05) is 0 Å². The third kappa shape index (κ3) is 5.89. The SMILES string of the molecule is C=Ic1c(OC)ccc(OCCC(F)(F)c2ccc(C3CCI(C)CO3)c(F)c2)c1F. The normalized spacial score (nSPS) is 18.1. The Hall–Kier alpha value is -0.950. The van der Waals surface area contributed by atoms with E-state index in [1.165, 1.54) is 31.4 Å². The summed E-state index contributed by atoms with van der Waals surface area (Å²) in [5, 5.41) is 0. The van der Waals surface area contributed by atoms with Crippen molar-refractivity contribution in [3.8, 4) is 11.5 Å². The summed E-state index contributed by atoms with van der Waals surface area (Å²) in [6.07, 6.45) is -0.356. The van der Waals surface area contributed by atoms with Gasteiger partial charge >= 0.3 is 129 Å². The van der Waals surface area contributed by atoms with E-state index in [0.29, 0.717) is 19.5 Å². The molecule has 1 atom stereocenters. The molecule has 0 spiro atoms. The first-order valence-electron chi connectivity index (χ1n) is 9.45. The zero-order valence-corrected chi connectivity index (χ0v) is 21.5. The number of hydrogen-bond acceptors (Lipinski definition) is 3. The van der Waals surface area contributed by atoms with Gasteiger partial charge < -0.3 is 4.74 Å². The molecular weight excluding hydrogens is 642 g/mol. The van der Waals surface area contributed by atoms with Gasteiger partial charge in [-0.1, -0.05) is 25.2 Å². The molecule has 3 nitrogen and oxygen atoms in total. The average molecular weight is 666 g/mol. The van der Waals surface area contributed by atoms with Crippen LogP contribution in [0.5, 0.6) is 11.5 Å². The van der Waals surface area contributed by atoms with Crippen molar-refractivity contribution in [2.45, 2.75) is 24.9 Å². The largest absolute Gasteiger partial charge is 0.202 e. The van der Waals surface area contributed by atoms with Gasteiger partial charge in [-0.3, -0.25) is 0 Å². The average Bonchev–Trinajstić information content (AvgIpc) is 2.75. The van der Waals surface area contributed by atoms with Crippen molar-refractivity contribution >= 4 is 45.1 Å². The van der Waals surface area contributed by atoms with E-state index in [2.05, 4.69) is 9.45 Å². The molecular formula is C22H24F4I2O3. The van der Waals surface area contributed by atoms with Crippen molar-refractivity contribution < 1.29 is 31.8 Å². The summed E-state index contributed by atoms with van der Waals surface area (Å²) in [6, 6.07) is 6.36. The van der Waals surface area contributed by atoms with Gasteiger partial charge in [0.2, 0.25) is 0 Å². The fraction of sp³-hybridized carbons (Fsp3) is 0.409. The maximum absolute atomic E-state index is 14.6. The predicted molar refractivity (Wildman–Crippen MR) is 131 cm³/mol. The molecule has 2 aromatic carbocycles. The Kier molecular flexibility index (Phi) is 8.58. The van der Waals surface area contributed by atoms with Gasteiger partial charge in [-0.15, -0.1) is 0 Å². The van der Waals surface area contributed by atoms with E-state index in [-0.39, 0.29) is 11.9 Å². The quantitative estimate of drug-likeness (QED) is 0.179. The summed E-state index contributed by atoms with van der Waals surface area (Å²) in [6.45, 7) is -0.427. The van der Waals surface area contributed by atoms with E-state index in [9.17, 15) is 17.6 Å². The second-order valence-electron chi connectivity index (χ2n) is 7.03. The van der Waals surface area contributed by atoms with Crippen LogP contribution in [-0.2, 0) is 10.7 Å². The molecule has 1 aliphatic heterocycles. The van der Waals surface area contributed by atoms with Crippen LogP contribution in [0.4, 0.5) is 17.6 Å². The van der Waals surface area contributed by atoms with Crippen molar-refractivity contribution in [2.24, 2.45) is 0 Å². The molecule has 0 N–H and O–H groups in total. The van der Waals surface area contributed by atoms with E-state index in [0.717, 1.165) is 16.9 Å². The van der Waals surface area contributed by atoms with Crippen LogP contribution in [0, 0.1) is 15.2 Å². The first-order valence-corrected chi connectivity index (χ1v) is 17.3. The van der Waals surface area contributed by atoms with E-state index in [1.54, 1.807) is 0 Å². The molecule has 31 heavy (non-hydrogen) atoms. The Labute approximate surface area is 196 Å². The van der Waals surface area contributed by atoms with E-state index < -0.39 is 76.7 Å². The van der Waals surface area contributed by atoms with Crippen LogP contribution in [0.25, 0.3) is 0 Å². The van der Waals surface area contributed by atoms with Crippen LogP contribution >= 0.6 is 40.6 Å². The van der Waals surface area contributed by atoms with Crippen LogP contribution in [0.15, 0.2) is 30.3 Å². The first kappa shape index (κ1) is 24.7. The summed E-state index contributed by atoms with van der Waals surface area (Å²) in [7, 11) is 1.42. The number of rotatable bonds is 8. The Morgan fingerprint density at radius 1 is 1.23 bits per heavy atom. The van der Waals surface area contributed by atoms with Crippen LogP contribution < -0.4 is 9.47 Å². The fourth-order valence-electron chi connectivity index (χ4n) is 3.21. The number of ether oxygens (including phenoxy) is 3. The molecule has 0 aromatic heterocycles. The summed E-state index contributed by atoms with van der Waals surface area (Å²) in [5.74, 6) is -4.39. The molecule has 1 fully saturated rings. The van der Waals surface area contributed by atoms with Crippen molar-refractivity contribution in [1.82, 2.24) is 0 Å². The predicted octanol–water partition coefficient (Wildman–Crippen LogP) is 6.66. The van der Waals surface area contributed by atoms with Gasteiger partial charge in [0.1, 0.15) is 5.75 Å². The minimum atomic E-state index is -3.32. The Bertz CT molecular complexity index is 931. The topological polar surface area (TPSA) is 27.7 Å². The molecule has 1 aliphatic rings. The van der Waals surface area contributed by atoms with Crippen LogP contribution in [-0.4, -0.2) is 32.2 Å². The number of benzene rings is 2. The van der Waals surface area contributed by atoms with Crippen molar-refractivity contribution in [2.75, 3.05) is 27.7 Å². The fourth-order valence-corrected chi connectivity index (χ4v) is 7.57. The zero-order chi connectivity index (χ0) is 22.6. The van der Waals surface area contributed by atoms with Gasteiger partial charge in [-0.25, -0.2) is 4.39 Å². The molecule has 1 heterocycles. The van der Waals surface area contributed by atoms with E-state index in [4.69, 9.17) is 14.2 Å². The second kappa shape index (κ2) is 10.8. The van der Waals surface area contributed by atoms with Gasteiger partial charge in [-0.05, 0) is 12.1 Å².